The van der Waals surface area contributed by atoms with Gasteiger partial charge in [-0.25, -0.2) is 0 Å². The van der Waals surface area contributed by atoms with Crippen molar-refractivity contribution < 1.29 is 0 Å². The maximum atomic E-state index is 4.58. The molecule has 5 heteroatoms. The smallest absolute Gasteiger partial charge is 0.191 e. The lowest BCUT2D eigenvalue weighted by atomic mass is 9.99. The first kappa shape index (κ1) is 20.0. The molecule has 0 aromatic heterocycles. The Morgan fingerprint density at radius 1 is 1.25 bits per heavy atom. The van der Waals surface area contributed by atoms with Gasteiger partial charge in [0.25, 0.3) is 0 Å². The van der Waals surface area contributed by atoms with Crippen molar-refractivity contribution in [2.24, 2.45) is 16.8 Å². The van der Waals surface area contributed by atoms with Crippen molar-refractivity contribution in [3.8, 4) is 0 Å². The Labute approximate surface area is 142 Å². The van der Waals surface area contributed by atoms with Crippen LogP contribution in [0.4, 0.5) is 0 Å². The third-order valence-electron chi connectivity index (χ3n) is 3.56. The van der Waals surface area contributed by atoms with Crippen molar-refractivity contribution in [1.82, 2.24) is 15.5 Å². The van der Waals surface area contributed by atoms with Gasteiger partial charge in [-0.15, -0.1) is 24.0 Å². The minimum absolute atomic E-state index is 0. The zero-order valence-corrected chi connectivity index (χ0v) is 15.9. The fourth-order valence-corrected chi connectivity index (χ4v) is 2.23. The van der Waals surface area contributed by atoms with Crippen molar-refractivity contribution in [3.05, 3.63) is 0 Å². The number of hydrogen-bond donors (Lipinski definition) is 2. The van der Waals surface area contributed by atoms with Crippen molar-refractivity contribution >= 4 is 29.9 Å². The SMILES string of the molecule is CCNC(=NCC(C)C)NCCN1CCC(C)CC1.I. The van der Waals surface area contributed by atoms with Gasteiger partial charge in [0, 0.05) is 26.2 Å². The van der Waals surface area contributed by atoms with Crippen molar-refractivity contribution in [2.75, 3.05) is 39.3 Å². The van der Waals surface area contributed by atoms with Crippen LogP contribution in [-0.4, -0.2) is 50.1 Å². The summed E-state index contributed by atoms with van der Waals surface area (Å²) in [5, 5.41) is 6.73. The molecule has 20 heavy (non-hydrogen) atoms. The predicted molar refractivity (Wildman–Crippen MR) is 99.1 cm³/mol. The van der Waals surface area contributed by atoms with Gasteiger partial charge in [-0.1, -0.05) is 20.8 Å². The summed E-state index contributed by atoms with van der Waals surface area (Å²) < 4.78 is 0. The van der Waals surface area contributed by atoms with Crippen LogP contribution in [-0.2, 0) is 0 Å². The second-order valence-corrected chi connectivity index (χ2v) is 6.06. The molecule has 0 unspecified atom stereocenters. The first-order chi connectivity index (χ1) is 9.11. The largest absolute Gasteiger partial charge is 0.357 e. The average Bonchev–Trinajstić information content (AvgIpc) is 2.38. The molecule has 1 aliphatic heterocycles. The number of likely N-dealkylation sites (tertiary alicyclic amines) is 1. The summed E-state index contributed by atoms with van der Waals surface area (Å²) >= 11 is 0. The average molecular weight is 396 g/mol. The lowest BCUT2D eigenvalue weighted by Gasteiger charge is -2.30. The highest BCUT2D eigenvalue weighted by Crippen LogP contribution is 2.14. The summed E-state index contributed by atoms with van der Waals surface area (Å²) in [6, 6.07) is 0. The van der Waals surface area contributed by atoms with Gasteiger partial charge in [-0.3, -0.25) is 4.99 Å². The summed E-state index contributed by atoms with van der Waals surface area (Å²) in [5.41, 5.74) is 0. The summed E-state index contributed by atoms with van der Waals surface area (Å²) in [7, 11) is 0. The minimum Gasteiger partial charge on any atom is -0.357 e. The van der Waals surface area contributed by atoms with Crippen LogP contribution in [0.5, 0.6) is 0 Å². The highest BCUT2D eigenvalue weighted by molar-refractivity contribution is 14.0. The fraction of sp³-hybridized carbons (Fsp3) is 0.933. The lowest BCUT2D eigenvalue weighted by molar-refractivity contribution is 0.195. The van der Waals surface area contributed by atoms with Crippen LogP contribution in [0, 0.1) is 11.8 Å². The maximum absolute atomic E-state index is 4.58. The summed E-state index contributed by atoms with van der Waals surface area (Å²) in [6.07, 6.45) is 2.70. The molecule has 120 valence electrons. The van der Waals surface area contributed by atoms with Crippen LogP contribution >= 0.6 is 24.0 Å². The first-order valence-electron chi connectivity index (χ1n) is 7.86. The van der Waals surface area contributed by atoms with Crippen molar-refractivity contribution in [1.29, 1.82) is 0 Å². The van der Waals surface area contributed by atoms with Gasteiger partial charge < -0.3 is 15.5 Å². The monoisotopic (exact) mass is 396 g/mol. The molecule has 4 nitrogen and oxygen atoms in total. The Morgan fingerprint density at radius 3 is 2.45 bits per heavy atom. The van der Waals surface area contributed by atoms with Crippen molar-refractivity contribution in [3.63, 3.8) is 0 Å². The lowest BCUT2D eigenvalue weighted by Crippen LogP contribution is -2.43. The molecular formula is C15H33IN4. The standard InChI is InChI=1S/C15H32N4.HI/c1-5-16-15(18-12-13(2)3)17-8-11-19-9-6-14(4)7-10-19;/h13-14H,5-12H2,1-4H3,(H2,16,17,18);1H. The van der Waals surface area contributed by atoms with E-state index >= 15 is 0 Å². The van der Waals surface area contributed by atoms with Crippen LogP contribution in [0.15, 0.2) is 4.99 Å². The zero-order valence-electron chi connectivity index (χ0n) is 13.6. The number of rotatable bonds is 6. The molecule has 2 N–H and O–H groups in total. The Balaban J connectivity index is 0.00000361. The normalized spacial score (nSPS) is 17.9. The van der Waals surface area contributed by atoms with Gasteiger partial charge in [0.2, 0.25) is 0 Å². The van der Waals surface area contributed by atoms with E-state index in [-0.39, 0.29) is 24.0 Å². The van der Waals surface area contributed by atoms with E-state index in [1.165, 1.54) is 25.9 Å². The summed E-state index contributed by atoms with van der Waals surface area (Å²) in [5.74, 6) is 2.48. The summed E-state index contributed by atoms with van der Waals surface area (Å²) in [6.45, 7) is 15.3. The van der Waals surface area contributed by atoms with Gasteiger partial charge in [0.05, 0.1) is 0 Å². The quantitative estimate of drug-likeness (QED) is 0.412. The van der Waals surface area contributed by atoms with Crippen LogP contribution in [0.25, 0.3) is 0 Å². The second-order valence-electron chi connectivity index (χ2n) is 6.06. The molecule has 0 saturated carbocycles. The highest BCUT2D eigenvalue weighted by atomic mass is 127. The van der Waals surface area contributed by atoms with Gasteiger partial charge in [0.15, 0.2) is 5.96 Å². The van der Waals surface area contributed by atoms with E-state index in [9.17, 15) is 0 Å². The van der Waals surface area contributed by atoms with E-state index in [0.717, 1.165) is 38.1 Å². The Hall–Kier alpha value is -0.0400. The van der Waals surface area contributed by atoms with Crippen LogP contribution in [0.2, 0.25) is 0 Å². The Morgan fingerprint density at radius 2 is 1.90 bits per heavy atom. The molecular weight excluding hydrogens is 363 g/mol. The van der Waals surface area contributed by atoms with E-state index in [1.807, 2.05) is 0 Å². The number of aliphatic imine (C=N–C) groups is 1. The Kier molecular flexibility index (Phi) is 11.6. The highest BCUT2D eigenvalue weighted by Gasteiger charge is 2.14. The van der Waals surface area contributed by atoms with E-state index in [4.69, 9.17) is 0 Å². The molecule has 1 fully saturated rings. The molecule has 0 spiro atoms. The molecule has 1 saturated heterocycles. The van der Waals surface area contributed by atoms with E-state index in [2.05, 4.69) is 48.2 Å². The number of nitrogens with one attached hydrogen (secondary N) is 2. The van der Waals surface area contributed by atoms with E-state index in [0.29, 0.717) is 5.92 Å². The first-order valence-corrected chi connectivity index (χ1v) is 7.86. The third kappa shape index (κ3) is 9.00. The predicted octanol–water partition coefficient (Wildman–Crippen LogP) is 2.55. The van der Waals surface area contributed by atoms with Crippen molar-refractivity contribution in [2.45, 2.75) is 40.5 Å². The molecule has 0 bridgehead atoms. The van der Waals surface area contributed by atoms with Crippen LogP contribution < -0.4 is 10.6 Å². The molecule has 0 amide bonds. The number of hydrogen-bond acceptors (Lipinski definition) is 2. The molecule has 1 rings (SSSR count). The number of nitrogens with zero attached hydrogens (tertiary/aromatic N) is 2. The fourth-order valence-electron chi connectivity index (χ4n) is 2.23. The molecule has 1 heterocycles. The zero-order chi connectivity index (χ0) is 14.1. The molecule has 1 aliphatic rings. The van der Waals surface area contributed by atoms with E-state index in [1.54, 1.807) is 0 Å². The third-order valence-corrected chi connectivity index (χ3v) is 3.56. The van der Waals surface area contributed by atoms with Gasteiger partial charge >= 0.3 is 0 Å². The van der Waals surface area contributed by atoms with Crippen LogP contribution in [0.1, 0.15) is 40.5 Å². The Bertz CT molecular complexity index is 261. The minimum atomic E-state index is 0. The summed E-state index contributed by atoms with van der Waals surface area (Å²) in [4.78, 5) is 7.14. The molecule has 0 aromatic carbocycles. The molecule has 0 atom stereocenters. The van der Waals surface area contributed by atoms with Gasteiger partial charge in [0.1, 0.15) is 0 Å². The molecule has 0 radical (unpaired) electrons. The van der Waals surface area contributed by atoms with Gasteiger partial charge in [-0.2, -0.15) is 0 Å². The topological polar surface area (TPSA) is 39.7 Å². The molecule has 0 aliphatic carbocycles. The number of piperidine rings is 1. The van der Waals surface area contributed by atoms with Gasteiger partial charge in [-0.05, 0) is 44.7 Å². The maximum Gasteiger partial charge on any atom is 0.191 e. The van der Waals surface area contributed by atoms with Crippen LogP contribution in [0.3, 0.4) is 0 Å². The molecule has 0 aromatic rings. The second kappa shape index (κ2) is 11.6. The number of guanidine groups is 1. The van der Waals surface area contributed by atoms with E-state index < -0.39 is 0 Å². The number of halogens is 1.